The van der Waals surface area contributed by atoms with Gasteiger partial charge in [-0.15, -0.1) is 15.3 Å². The van der Waals surface area contributed by atoms with Gasteiger partial charge in [0.1, 0.15) is 17.4 Å². The van der Waals surface area contributed by atoms with E-state index in [-0.39, 0.29) is 11.5 Å². The molecule has 1 atom stereocenters. The summed E-state index contributed by atoms with van der Waals surface area (Å²) >= 11 is 0. The van der Waals surface area contributed by atoms with E-state index < -0.39 is 0 Å². The van der Waals surface area contributed by atoms with Gasteiger partial charge in [-0.05, 0) is 36.4 Å². The van der Waals surface area contributed by atoms with Crippen molar-refractivity contribution in [3.63, 3.8) is 0 Å². The topological polar surface area (TPSA) is 99.8 Å². The minimum atomic E-state index is -0.278. The second kappa shape index (κ2) is 5.72. The van der Waals surface area contributed by atoms with Gasteiger partial charge in [-0.3, -0.25) is 4.40 Å². The molecular weight excluding hydrogens is 332 g/mol. The van der Waals surface area contributed by atoms with Crippen LogP contribution in [-0.4, -0.2) is 39.8 Å². The maximum atomic E-state index is 5.97. The third-order valence-electron chi connectivity index (χ3n) is 4.24. The predicted octanol–water partition coefficient (Wildman–Crippen LogP) is 2.59. The fourth-order valence-corrected chi connectivity index (χ4v) is 2.92. The molecule has 9 nitrogen and oxygen atoms in total. The molecule has 0 bridgehead atoms. The molecule has 4 heterocycles. The molecule has 4 rings (SSSR count). The Morgan fingerprint density at radius 3 is 2.69 bits per heavy atom. The number of fused-ring (bicyclic) bond motifs is 1. The van der Waals surface area contributed by atoms with Gasteiger partial charge in [0, 0.05) is 11.6 Å². The Balaban J connectivity index is 1.75. The molecule has 4 aromatic heterocycles. The van der Waals surface area contributed by atoms with Crippen LogP contribution >= 0.6 is 0 Å². The highest BCUT2D eigenvalue weighted by Crippen LogP contribution is 2.28. The summed E-state index contributed by atoms with van der Waals surface area (Å²) < 4.78 is 9.63. The number of aromatic nitrogens is 8. The summed E-state index contributed by atoms with van der Waals surface area (Å²) in [7, 11) is 0. The maximum Gasteiger partial charge on any atom is 0.266 e. The lowest BCUT2D eigenvalue weighted by Crippen LogP contribution is -2.22. The second-order valence-electron chi connectivity index (χ2n) is 7.29. The van der Waals surface area contributed by atoms with Gasteiger partial charge in [-0.25, -0.2) is 9.67 Å². The molecule has 0 aliphatic heterocycles. The fourth-order valence-electron chi connectivity index (χ4n) is 2.92. The average Bonchev–Trinajstić information content (AvgIpc) is 3.30. The molecular formula is C17H20N8O. The Hall–Kier alpha value is -3.10. The Labute approximate surface area is 150 Å². The minimum absolute atomic E-state index is 0.196. The highest BCUT2D eigenvalue weighted by molar-refractivity contribution is 5.59. The molecule has 0 saturated heterocycles. The normalized spacial score (nSPS) is 13.4. The minimum Gasteiger partial charge on any atom is -0.417 e. The zero-order valence-corrected chi connectivity index (χ0v) is 15.4. The second-order valence-corrected chi connectivity index (χ2v) is 7.29. The summed E-state index contributed by atoms with van der Waals surface area (Å²) in [6, 6.07) is 5.54. The van der Waals surface area contributed by atoms with E-state index in [1.54, 1.807) is 4.68 Å². The molecule has 134 valence electrons. The molecule has 0 saturated carbocycles. The first-order valence-electron chi connectivity index (χ1n) is 8.42. The molecule has 0 aromatic carbocycles. The molecule has 1 unspecified atom stereocenters. The number of pyridine rings is 1. The summed E-state index contributed by atoms with van der Waals surface area (Å²) in [5, 5.41) is 20.5. The number of hydrogen-bond acceptors (Lipinski definition) is 7. The first-order chi connectivity index (χ1) is 12.4. The molecule has 0 aliphatic rings. The van der Waals surface area contributed by atoms with Crippen LogP contribution in [0.15, 0.2) is 28.8 Å². The molecule has 0 amide bonds. The van der Waals surface area contributed by atoms with Gasteiger partial charge in [-0.1, -0.05) is 26.8 Å². The number of nitrogens with zero attached hydrogens (tertiary/aromatic N) is 8. The average molecular weight is 352 g/mol. The molecule has 0 N–H and O–H groups in total. The Bertz CT molecular complexity index is 1070. The van der Waals surface area contributed by atoms with Gasteiger partial charge in [-0.2, -0.15) is 0 Å². The van der Waals surface area contributed by atoms with Crippen molar-refractivity contribution in [3.8, 4) is 11.6 Å². The van der Waals surface area contributed by atoms with Crippen molar-refractivity contribution in [1.82, 2.24) is 39.8 Å². The van der Waals surface area contributed by atoms with Crippen LogP contribution in [0.2, 0.25) is 0 Å². The van der Waals surface area contributed by atoms with Crippen LogP contribution in [0.5, 0.6) is 0 Å². The van der Waals surface area contributed by atoms with Crippen molar-refractivity contribution in [3.05, 3.63) is 41.8 Å². The standard InChI is InChI=1S/C17H20N8O/c1-10-13(24-9-7-6-8-12(24)18-10)15-20-19-14(26-15)11(2)25-16(17(3,4)5)21-22-23-25/h6-9,11H,1-5H3. The molecule has 9 heteroatoms. The molecule has 0 fully saturated rings. The Morgan fingerprint density at radius 1 is 1.12 bits per heavy atom. The SMILES string of the molecule is Cc1nc2ccccn2c1-c1nnc(C(C)n2nnnc2C(C)(C)C)o1. The number of tetrazole rings is 1. The van der Waals surface area contributed by atoms with Crippen LogP contribution in [0.3, 0.4) is 0 Å². The quantitative estimate of drug-likeness (QED) is 0.558. The van der Waals surface area contributed by atoms with E-state index in [1.165, 1.54) is 0 Å². The van der Waals surface area contributed by atoms with Crippen molar-refractivity contribution in [2.45, 2.75) is 46.1 Å². The van der Waals surface area contributed by atoms with Crippen LogP contribution in [0.4, 0.5) is 0 Å². The summed E-state index contributed by atoms with van der Waals surface area (Å²) in [5.41, 5.74) is 2.26. The van der Waals surface area contributed by atoms with Crippen molar-refractivity contribution in [1.29, 1.82) is 0 Å². The molecule has 0 spiro atoms. The highest BCUT2D eigenvalue weighted by Gasteiger charge is 2.28. The van der Waals surface area contributed by atoms with Crippen molar-refractivity contribution >= 4 is 5.65 Å². The first kappa shape index (κ1) is 16.4. The predicted molar refractivity (Wildman–Crippen MR) is 93.6 cm³/mol. The first-order valence-corrected chi connectivity index (χ1v) is 8.42. The van der Waals surface area contributed by atoms with Crippen molar-refractivity contribution in [2.24, 2.45) is 0 Å². The lowest BCUT2D eigenvalue weighted by molar-refractivity contribution is 0.381. The number of hydrogen-bond donors (Lipinski definition) is 0. The maximum absolute atomic E-state index is 5.97. The number of rotatable bonds is 3. The lowest BCUT2D eigenvalue weighted by atomic mass is 9.95. The third-order valence-corrected chi connectivity index (χ3v) is 4.24. The summed E-state index contributed by atoms with van der Waals surface area (Å²) in [6.07, 6.45) is 1.93. The monoisotopic (exact) mass is 352 g/mol. The van der Waals surface area contributed by atoms with Crippen LogP contribution in [0, 0.1) is 6.92 Å². The fraction of sp³-hybridized carbons (Fsp3) is 0.412. The van der Waals surface area contributed by atoms with Crippen LogP contribution in [-0.2, 0) is 5.41 Å². The molecule has 26 heavy (non-hydrogen) atoms. The smallest absolute Gasteiger partial charge is 0.266 e. The lowest BCUT2D eigenvalue weighted by Gasteiger charge is -2.19. The van der Waals surface area contributed by atoms with Crippen molar-refractivity contribution in [2.75, 3.05) is 0 Å². The Kier molecular flexibility index (Phi) is 3.60. The van der Waals surface area contributed by atoms with Gasteiger partial charge < -0.3 is 4.42 Å². The van der Waals surface area contributed by atoms with E-state index >= 15 is 0 Å². The van der Waals surface area contributed by atoms with E-state index in [4.69, 9.17) is 4.42 Å². The van der Waals surface area contributed by atoms with Gasteiger partial charge in [0.15, 0.2) is 5.82 Å². The Morgan fingerprint density at radius 2 is 1.92 bits per heavy atom. The van der Waals surface area contributed by atoms with Crippen LogP contribution in [0.1, 0.15) is 51.1 Å². The zero-order valence-electron chi connectivity index (χ0n) is 15.4. The number of imidazole rings is 1. The van der Waals surface area contributed by atoms with Gasteiger partial charge >= 0.3 is 0 Å². The zero-order chi connectivity index (χ0) is 18.5. The third kappa shape index (κ3) is 2.56. The highest BCUT2D eigenvalue weighted by atomic mass is 16.4. The van der Waals surface area contributed by atoms with Crippen LogP contribution < -0.4 is 0 Å². The largest absolute Gasteiger partial charge is 0.417 e. The number of aryl methyl sites for hydroxylation is 1. The van der Waals surface area contributed by atoms with E-state index in [9.17, 15) is 0 Å². The van der Waals surface area contributed by atoms with Gasteiger partial charge in [0.25, 0.3) is 5.89 Å². The van der Waals surface area contributed by atoms with Gasteiger partial charge in [0.2, 0.25) is 5.89 Å². The molecule has 0 radical (unpaired) electrons. The molecule has 4 aromatic rings. The summed E-state index contributed by atoms with van der Waals surface area (Å²) in [6.45, 7) is 10.0. The summed E-state index contributed by atoms with van der Waals surface area (Å²) in [4.78, 5) is 4.54. The van der Waals surface area contributed by atoms with Crippen LogP contribution in [0.25, 0.3) is 17.2 Å². The van der Waals surface area contributed by atoms with E-state index in [0.29, 0.717) is 11.8 Å². The van der Waals surface area contributed by atoms with Gasteiger partial charge in [0.05, 0.1) is 5.69 Å². The van der Waals surface area contributed by atoms with E-state index in [0.717, 1.165) is 22.9 Å². The molecule has 0 aliphatic carbocycles. The summed E-state index contributed by atoms with van der Waals surface area (Å²) in [5.74, 6) is 1.63. The van der Waals surface area contributed by atoms with Crippen molar-refractivity contribution < 1.29 is 4.42 Å². The van der Waals surface area contributed by atoms with E-state index in [1.807, 2.05) is 42.6 Å². The van der Waals surface area contributed by atoms with E-state index in [2.05, 4.69) is 51.5 Å².